The van der Waals surface area contributed by atoms with Crippen LogP contribution < -0.4 is 10.0 Å². The minimum atomic E-state index is -3.83. The molecule has 13 heteroatoms. The minimum Gasteiger partial charge on any atom is -0.464 e. The second-order valence-electron chi connectivity index (χ2n) is 6.02. The molecule has 0 radical (unpaired) electrons. The third-order valence-electron chi connectivity index (χ3n) is 3.84. The van der Waals surface area contributed by atoms with E-state index in [0.29, 0.717) is 11.3 Å². The molecular weight excluding hydrogens is 480 g/mol. The summed E-state index contributed by atoms with van der Waals surface area (Å²) in [6.45, 7) is 0.485. The van der Waals surface area contributed by atoms with Crippen molar-refractivity contribution in [2.75, 3.05) is 25.1 Å². The standard InChI is InChI=1S/C19H18N2O8S3/c1-2-27-19(24)17-12(13-5-3-7-28-13)11-31-18(17)21-14(22)10-29-15(23)9-20-32(25,26)16-6-4-8-30-16/h3-8,11,20H,2,9-10H2,1H3,(H,21,22). The Balaban J connectivity index is 1.59. The van der Waals surface area contributed by atoms with E-state index < -0.39 is 41.0 Å². The fourth-order valence-electron chi connectivity index (χ4n) is 2.47. The van der Waals surface area contributed by atoms with Gasteiger partial charge in [-0.05, 0) is 30.5 Å². The van der Waals surface area contributed by atoms with Crippen molar-refractivity contribution in [1.29, 1.82) is 0 Å². The number of ether oxygens (including phenoxy) is 2. The van der Waals surface area contributed by atoms with E-state index in [9.17, 15) is 22.8 Å². The molecule has 0 unspecified atom stereocenters. The molecule has 3 heterocycles. The number of carbonyl (C=O) groups excluding carboxylic acids is 3. The molecule has 2 N–H and O–H groups in total. The Morgan fingerprint density at radius 3 is 2.59 bits per heavy atom. The van der Waals surface area contributed by atoms with Crippen LogP contribution in [0.15, 0.2) is 49.9 Å². The first-order valence-corrected chi connectivity index (χ1v) is 12.4. The zero-order valence-electron chi connectivity index (χ0n) is 16.7. The monoisotopic (exact) mass is 498 g/mol. The van der Waals surface area contributed by atoms with Crippen LogP contribution in [-0.2, 0) is 29.1 Å². The average Bonchev–Trinajstić information content (AvgIpc) is 3.52. The molecule has 3 aromatic rings. The average molecular weight is 499 g/mol. The van der Waals surface area contributed by atoms with Crippen molar-refractivity contribution in [3.63, 3.8) is 0 Å². The van der Waals surface area contributed by atoms with Crippen LogP contribution in [0, 0.1) is 0 Å². The lowest BCUT2D eigenvalue weighted by Crippen LogP contribution is -2.32. The molecule has 10 nitrogen and oxygen atoms in total. The summed E-state index contributed by atoms with van der Waals surface area (Å²) in [7, 11) is -3.83. The predicted octanol–water partition coefficient (Wildman–Crippen LogP) is 2.71. The molecule has 3 aromatic heterocycles. The first-order valence-electron chi connectivity index (χ1n) is 9.13. The van der Waals surface area contributed by atoms with Crippen molar-refractivity contribution in [2.45, 2.75) is 11.1 Å². The van der Waals surface area contributed by atoms with Gasteiger partial charge < -0.3 is 19.2 Å². The molecule has 0 spiro atoms. The highest BCUT2D eigenvalue weighted by atomic mass is 32.2. The van der Waals surface area contributed by atoms with E-state index in [1.807, 2.05) is 0 Å². The van der Waals surface area contributed by atoms with Gasteiger partial charge in [0.05, 0.1) is 12.9 Å². The van der Waals surface area contributed by atoms with Crippen molar-refractivity contribution in [2.24, 2.45) is 0 Å². The molecule has 1 amide bonds. The van der Waals surface area contributed by atoms with Crippen molar-refractivity contribution < 1.29 is 36.7 Å². The fourth-order valence-corrected chi connectivity index (χ4v) is 5.43. The lowest BCUT2D eigenvalue weighted by Gasteiger charge is -2.09. The Hall–Kier alpha value is -3.00. The fraction of sp³-hybridized carbons (Fsp3) is 0.211. The van der Waals surface area contributed by atoms with Gasteiger partial charge in [-0.25, -0.2) is 13.2 Å². The van der Waals surface area contributed by atoms with E-state index >= 15 is 0 Å². The number of hydrogen-bond acceptors (Lipinski definition) is 10. The third kappa shape index (κ3) is 5.82. The number of amides is 1. The Morgan fingerprint density at radius 1 is 1.12 bits per heavy atom. The van der Waals surface area contributed by atoms with Crippen LogP contribution >= 0.6 is 22.7 Å². The number of carbonyl (C=O) groups is 3. The van der Waals surface area contributed by atoms with Crippen LogP contribution in [-0.4, -0.2) is 46.0 Å². The van der Waals surface area contributed by atoms with Gasteiger partial charge in [0.15, 0.2) is 6.61 Å². The summed E-state index contributed by atoms with van der Waals surface area (Å²) in [5.74, 6) is -1.86. The zero-order valence-corrected chi connectivity index (χ0v) is 19.1. The molecule has 32 heavy (non-hydrogen) atoms. The second kappa shape index (κ2) is 10.5. The van der Waals surface area contributed by atoms with Gasteiger partial charge in [-0.2, -0.15) is 4.72 Å². The molecule has 0 aliphatic carbocycles. The van der Waals surface area contributed by atoms with Crippen molar-refractivity contribution in [3.8, 4) is 11.3 Å². The summed E-state index contributed by atoms with van der Waals surface area (Å²) >= 11 is 2.08. The van der Waals surface area contributed by atoms with E-state index in [2.05, 4.69) is 10.0 Å². The van der Waals surface area contributed by atoms with Gasteiger partial charge in [-0.1, -0.05) is 6.07 Å². The first-order chi connectivity index (χ1) is 15.3. The highest BCUT2D eigenvalue weighted by Gasteiger charge is 2.24. The summed E-state index contributed by atoms with van der Waals surface area (Å²) in [4.78, 5) is 36.5. The Morgan fingerprint density at radius 2 is 1.94 bits per heavy atom. The Kier molecular flexibility index (Phi) is 7.80. The van der Waals surface area contributed by atoms with Crippen LogP contribution in [0.3, 0.4) is 0 Å². The highest BCUT2D eigenvalue weighted by molar-refractivity contribution is 7.91. The maximum Gasteiger partial charge on any atom is 0.341 e. The second-order valence-corrected chi connectivity index (χ2v) is 9.84. The lowest BCUT2D eigenvalue weighted by atomic mass is 10.1. The molecule has 170 valence electrons. The predicted molar refractivity (Wildman–Crippen MR) is 117 cm³/mol. The van der Waals surface area contributed by atoms with Crippen LogP contribution in [0.2, 0.25) is 0 Å². The number of nitrogens with one attached hydrogen (secondary N) is 2. The van der Waals surface area contributed by atoms with Gasteiger partial charge in [0.2, 0.25) is 0 Å². The normalized spacial score (nSPS) is 11.2. The smallest absolute Gasteiger partial charge is 0.341 e. The number of hydrogen-bond donors (Lipinski definition) is 2. The van der Waals surface area contributed by atoms with Crippen LogP contribution in [0.25, 0.3) is 11.3 Å². The summed E-state index contributed by atoms with van der Waals surface area (Å²) in [5, 5.41) is 5.93. The summed E-state index contributed by atoms with van der Waals surface area (Å²) in [6.07, 6.45) is 1.45. The van der Waals surface area contributed by atoms with E-state index in [1.54, 1.807) is 35.9 Å². The summed E-state index contributed by atoms with van der Waals surface area (Å²) < 4.78 is 41.3. The maximum absolute atomic E-state index is 12.4. The first kappa shape index (κ1) is 23.7. The topological polar surface area (TPSA) is 141 Å². The van der Waals surface area contributed by atoms with Crippen molar-refractivity contribution in [3.05, 3.63) is 46.9 Å². The van der Waals surface area contributed by atoms with Crippen molar-refractivity contribution >= 4 is 55.5 Å². The van der Waals surface area contributed by atoms with E-state index in [1.165, 1.54) is 12.3 Å². The summed E-state index contributed by atoms with van der Waals surface area (Å²) in [5.41, 5.74) is 0.573. The van der Waals surface area contributed by atoms with Crippen LogP contribution in [0.4, 0.5) is 5.00 Å². The van der Waals surface area contributed by atoms with Gasteiger partial charge >= 0.3 is 11.9 Å². The van der Waals surface area contributed by atoms with Crippen LogP contribution in [0.5, 0.6) is 0 Å². The van der Waals surface area contributed by atoms with E-state index in [0.717, 1.165) is 22.7 Å². The molecule has 0 fully saturated rings. The molecule has 0 aliphatic rings. The maximum atomic E-state index is 12.4. The van der Waals surface area contributed by atoms with Gasteiger partial charge in [0.25, 0.3) is 15.9 Å². The number of esters is 2. The molecule has 3 rings (SSSR count). The van der Waals surface area contributed by atoms with Gasteiger partial charge in [-0.3, -0.25) is 9.59 Å². The zero-order chi connectivity index (χ0) is 23.1. The minimum absolute atomic E-state index is 0.0552. The molecule has 0 atom stereocenters. The highest BCUT2D eigenvalue weighted by Crippen LogP contribution is 2.36. The summed E-state index contributed by atoms with van der Waals surface area (Å²) in [6, 6.07) is 6.28. The van der Waals surface area contributed by atoms with Crippen LogP contribution in [0.1, 0.15) is 17.3 Å². The van der Waals surface area contributed by atoms with E-state index in [4.69, 9.17) is 13.9 Å². The number of rotatable bonds is 10. The molecular formula is C19H18N2O8S3. The number of sulfonamides is 1. The van der Waals surface area contributed by atoms with E-state index in [-0.39, 0.29) is 21.4 Å². The van der Waals surface area contributed by atoms with Crippen molar-refractivity contribution in [1.82, 2.24) is 4.72 Å². The molecule has 0 saturated carbocycles. The Labute approximate surface area is 191 Å². The molecule has 0 bridgehead atoms. The van der Waals surface area contributed by atoms with Gasteiger partial charge in [0, 0.05) is 10.9 Å². The van der Waals surface area contributed by atoms with Gasteiger partial charge in [0.1, 0.15) is 27.1 Å². The van der Waals surface area contributed by atoms with Gasteiger partial charge in [-0.15, -0.1) is 22.7 Å². The molecule has 0 saturated heterocycles. The molecule has 0 aromatic carbocycles. The third-order valence-corrected chi connectivity index (χ3v) is 7.54. The number of anilines is 1. The number of furan rings is 1. The SMILES string of the molecule is CCOC(=O)c1c(-c2ccco2)csc1NC(=O)COC(=O)CNS(=O)(=O)c1cccs1. The lowest BCUT2D eigenvalue weighted by molar-refractivity contribution is -0.146. The Bertz CT molecular complexity index is 1180. The number of thiophene rings is 2. The quantitative estimate of drug-likeness (QED) is 0.407. The largest absolute Gasteiger partial charge is 0.464 e. The molecule has 0 aliphatic heterocycles.